The van der Waals surface area contributed by atoms with Gasteiger partial charge in [-0.15, -0.1) is 0 Å². The Kier molecular flexibility index (Phi) is 7.93. The Morgan fingerprint density at radius 2 is 1.05 bits per heavy atom. The summed E-state index contributed by atoms with van der Waals surface area (Å²) in [6, 6.07) is 29.0. The van der Waals surface area contributed by atoms with Crippen molar-refractivity contribution in [3.8, 4) is 56.0 Å². The van der Waals surface area contributed by atoms with Gasteiger partial charge in [-0.2, -0.15) is 8.75 Å². The van der Waals surface area contributed by atoms with E-state index in [2.05, 4.69) is 15.7 Å². The zero-order valence-corrected chi connectivity index (χ0v) is 24.1. The minimum Gasteiger partial charge on any atom is -0.497 e. The molecule has 1 aromatic heterocycles. The average molecular weight is 579 g/mol. The number of rotatable bonds is 9. The van der Waals surface area contributed by atoms with E-state index in [9.17, 15) is 0 Å². The van der Waals surface area contributed by atoms with Crippen molar-refractivity contribution >= 4 is 22.8 Å². The van der Waals surface area contributed by atoms with E-state index in [-0.39, 0.29) is 11.6 Å². The van der Waals surface area contributed by atoms with Crippen molar-refractivity contribution in [2.24, 2.45) is 0 Å². The van der Waals surface area contributed by atoms with Gasteiger partial charge in [0.1, 0.15) is 34.2 Å². The highest BCUT2D eigenvalue weighted by Gasteiger charge is 2.18. The molecule has 0 amide bonds. The molecule has 6 rings (SSSR count). The maximum atomic E-state index is 15.5. The van der Waals surface area contributed by atoms with Crippen molar-refractivity contribution in [1.82, 2.24) is 8.75 Å². The Bertz CT molecular complexity index is 1850. The van der Waals surface area contributed by atoms with E-state index >= 15 is 8.78 Å². The van der Waals surface area contributed by atoms with E-state index in [0.29, 0.717) is 39.9 Å². The lowest BCUT2D eigenvalue weighted by atomic mass is 9.94. The Balaban J connectivity index is 1.29. The molecule has 4 nitrogen and oxygen atoms in total. The van der Waals surface area contributed by atoms with E-state index in [1.807, 2.05) is 60.7 Å². The van der Waals surface area contributed by atoms with Gasteiger partial charge < -0.3 is 9.47 Å². The second kappa shape index (κ2) is 12.1. The number of methoxy groups -OCH3 is 1. The highest BCUT2D eigenvalue weighted by atomic mass is 32.1. The van der Waals surface area contributed by atoms with Gasteiger partial charge >= 0.3 is 0 Å². The van der Waals surface area contributed by atoms with Crippen LogP contribution in [0.2, 0.25) is 0 Å². The summed E-state index contributed by atoms with van der Waals surface area (Å²) in [6.07, 6.45) is 2.08. The maximum absolute atomic E-state index is 15.5. The molecule has 7 heteroatoms. The van der Waals surface area contributed by atoms with Gasteiger partial charge in [0.25, 0.3) is 0 Å². The SMILES string of the molecule is CCCCOc1ccc(-c2ccc(-c3ccc(-c4ccc(-c5ccc(OC)cc5)cc4F)c4nsnc34)c(F)c2)cc1. The zero-order chi connectivity index (χ0) is 29.1. The molecule has 0 saturated carbocycles. The van der Waals surface area contributed by atoms with Crippen molar-refractivity contribution in [2.45, 2.75) is 19.8 Å². The Morgan fingerprint density at radius 3 is 1.50 bits per heavy atom. The molecular formula is C35H28F2N2O2S. The largest absolute Gasteiger partial charge is 0.497 e. The quantitative estimate of drug-likeness (QED) is 0.160. The van der Waals surface area contributed by atoms with Gasteiger partial charge in [0.05, 0.1) is 25.4 Å². The summed E-state index contributed by atoms with van der Waals surface area (Å²) in [4.78, 5) is 0. The van der Waals surface area contributed by atoms with Crippen LogP contribution in [0.1, 0.15) is 19.8 Å². The average Bonchev–Trinajstić information content (AvgIpc) is 3.52. The van der Waals surface area contributed by atoms with Crippen molar-refractivity contribution in [1.29, 1.82) is 0 Å². The summed E-state index contributed by atoms with van der Waals surface area (Å²) in [5.74, 6) is 0.799. The fourth-order valence-electron chi connectivity index (χ4n) is 4.99. The van der Waals surface area contributed by atoms with Crippen LogP contribution in [0.5, 0.6) is 11.5 Å². The molecule has 0 N–H and O–H groups in total. The van der Waals surface area contributed by atoms with Gasteiger partial charge in [0.2, 0.25) is 0 Å². The van der Waals surface area contributed by atoms with Crippen molar-refractivity contribution in [3.05, 3.63) is 109 Å². The number of fused-ring (bicyclic) bond motifs is 1. The Labute approximate surface area is 247 Å². The number of hydrogen-bond donors (Lipinski definition) is 0. The van der Waals surface area contributed by atoms with Crippen molar-refractivity contribution < 1.29 is 18.3 Å². The molecule has 1 heterocycles. The minimum absolute atomic E-state index is 0.368. The molecule has 0 unspecified atom stereocenters. The van der Waals surface area contributed by atoms with Gasteiger partial charge in [-0.05, 0) is 65.1 Å². The molecule has 5 aromatic carbocycles. The number of benzene rings is 5. The van der Waals surface area contributed by atoms with Gasteiger partial charge in [0, 0.05) is 22.3 Å². The van der Waals surface area contributed by atoms with Crippen molar-refractivity contribution in [2.75, 3.05) is 13.7 Å². The van der Waals surface area contributed by atoms with Gasteiger partial charge in [-0.1, -0.05) is 74.0 Å². The number of halogens is 2. The summed E-state index contributed by atoms with van der Waals surface area (Å²) in [5, 5.41) is 0. The third-order valence-corrected chi connectivity index (χ3v) is 7.84. The molecule has 0 aliphatic rings. The third-order valence-electron chi connectivity index (χ3n) is 7.31. The third kappa shape index (κ3) is 5.48. The molecule has 0 aliphatic carbocycles. The lowest BCUT2D eigenvalue weighted by molar-refractivity contribution is 0.309. The smallest absolute Gasteiger partial charge is 0.131 e. The van der Waals surface area contributed by atoms with Crippen LogP contribution in [0.4, 0.5) is 8.78 Å². The summed E-state index contributed by atoms with van der Waals surface area (Å²) >= 11 is 1.03. The topological polar surface area (TPSA) is 44.2 Å². The fourth-order valence-corrected chi connectivity index (χ4v) is 5.56. The van der Waals surface area contributed by atoms with Crippen LogP contribution in [0.15, 0.2) is 97.1 Å². The molecule has 0 radical (unpaired) electrons. The van der Waals surface area contributed by atoms with E-state index < -0.39 is 0 Å². The van der Waals surface area contributed by atoms with Gasteiger partial charge in [-0.3, -0.25) is 0 Å². The lowest BCUT2D eigenvalue weighted by Crippen LogP contribution is -1.96. The number of hydrogen-bond acceptors (Lipinski definition) is 5. The van der Waals surface area contributed by atoms with Crippen LogP contribution in [0.3, 0.4) is 0 Å². The van der Waals surface area contributed by atoms with Crippen LogP contribution in [-0.4, -0.2) is 22.5 Å². The molecule has 0 bridgehead atoms. The first-order valence-electron chi connectivity index (χ1n) is 13.8. The Hall–Kier alpha value is -4.62. The molecule has 0 atom stereocenters. The van der Waals surface area contributed by atoms with Crippen LogP contribution in [0, 0.1) is 11.6 Å². The molecule has 6 aromatic rings. The van der Waals surface area contributed by atoms with E-state index in [1.165, 1.54) is 12.1 Å². The second-order valence-corrected chi connectivity index (χ2v) is 10.5. The number of unbranched alkanes of at least 4 members (excludes halogenated alkanes) is 1. The first-order valence-corrected chi connectivity index (χ1v) is 14.5. The van der Waals surface area contributed by atoms with Crippen LogP contribution >= 0.6 is 11.7 Å². The summed E-state index contributed by atoms with van der Waals surface area (Å²) in [5.41, 5.74) is 6.42. The Morgan fingerprint density at radius 1 is 0.595 bits per heavy atom. The molecule has 0 spiro atoms. The molecular weight excluding hydrogens is 550 g/mol. The predicted octanol–water partition coefficient (Wildman–Crippen LogP) is 9.82. The number of nitrogens with zero attached hydrogens (tertiary/aromatic N) is 2. The van der Waals surface area contributed by atoms with E-state index in [4.69, 9.17) is 9.47 Å². The molecule has 42 heavy (non-hydrogen) atoms. The van der Waals surface area contributed by atoms with E-state index in [0.717, 1.165) is 58.3 Å². The standard InChI is InChI=1S/C35H28F2N2O2S/c1-3-4-19-41-27-13-7-23(8-14-27)25-10-16-29(33(37)21-25)31-18-17-30(34-35(31)39-42-38-34)28-15-9-24(20-32(28)36)22-5-11-26(40-2)12-6-22/h5-18,20-21H,3-4,19H2,1-2H3. The minimum atomic E-state index is -0.373. The monoisotopic (exact) mass is 578 g/mol. The first-order chi connectivity index (χ1) is 20.6. The van der Waals surface area contributed by atoms with Crippen LogP contribution < -0.4 is 9.47 Å². The van der Waals surface area contributed by atoms with E-state index in [1.54, 1.807) is 31.4 Å². The van der Waals surface area contributed by atoms with Gasteiger partial charge in [0.15, 0.2) is 0 Å². The van der Waals surface area contributed by atoms with Crippen molar-refractivity contribution in [3.63, 3.8) is 0 Å². The molecule has 210 valence electrons. The molecule has 0 aliphatic heterocycles. The van der Waals surface area contributed by atoms with Gasteiger partial charge in [-0.25, -0.2) is 8.78 Å². The summed E-state index contributed by atoms with van der Waals surface area (Å²) < 4.78 is 50.9. The fraction of sp³-hybridized carbons (Fsp3) is 0.143. The normalized spacial score (nSPS) is 11.1. The lowest BCUT2D eigenvalue weighted by Gasteiger charge is -2.11. The second-order valence-electron chi connectivity index (χ2n) is 9.97. The van der Waals surface area contributed by atoms with Crippen LogP contribution in [0.25, 0.3) is 55.5 Å². The highest BCUT2D eigenvalue weighted by Crippen LogP contribution is 2.38. The summed E-state index contributed by atoms with van der Waals surface area (Å²) in [7, 11) is 1.61. The predicted molar refractivity (Wildman–Crippen MR) is 166 cm³/mol. The number of ether oxygens (including phenoxy) is 2. The van der Waals surface area contributed by atoms with Crippen LogP contribution in [-0.2, 0) is 0 Å². The zero-order valence-electron chi connectivity index (χ0n) is 23.2. The summed E-state index contributed by atoms with van der Waals surface area (Å²) in [6.45, 7) is 2.80. The highest BCUT2D eigenvalue weighted by molar-refractivity contribution is 7.00. The maximum Gasteiger partial charge on any atom is 0.131 e. The first kappa shape index (κ1) is 27.5. The molecule has 0 fully saturated rings. The molecule has 0 saturated heterocycles. The number of aromatic nitrogens is 2.